The van der Waals surface area contributed by atoms with Crippen LogP contribution in [-0.4, -0.2) is 49.2 Å². The van der Waals surface area contributed by atoms with Crippen LogP contribution in [0.2, 0.25) is 0 Å². The van der Waals surface area contributed by atoms with E-state index in [4.69, 9.17) is 15.2 Å². The molecule has 1 saturated heterocycles. The molecule has 7 heteroatoms. The van der Waals surface area contributed by atoms with Crippen molar-refractivity contribution in [1.29, 1.82) is 0 Å². The summed E-state index contributed by atoms with van der Waals surface area (Å²) >= 11 is 0. The van der Waals surface area contributed by atoms with Crippen LogP contribution in [0.4, 0.5) is 4.39 Å². The van der Waals surface area contributed by atoms with E-state index in [1.807, 2.05) is 12.1 Å². The Bertz CT molecular complexity index is 1240. The smallest absolute Gasteiger partial charge is 0.338 e. The molecule has 2 aliphatic rings. The lowest BCUT2D eigenvalue weighted by molar-refractivity contribution is -0.122. The van der Waals surface area contributed by atoms with Crippen LogP contribution in [-0.2, 0) is 27.2 Å². The van der Waals surface area contributed by atoms with E-state index in [2.05, 4.69) is 11.0 Å². The zero-order chi connectivity index (χ0) is 25.1. The summed E-state index contributed by atoms with van der Waals surface area (Å²) in [6.45, 7) is 4.14. The van der Waals surface area contributed by atoms with Gasteiger partial charge in [0.2, 0.25) is 5.91 Å². The van der Waals surface area contributed by atoms with Crippen molar-refractivity contribution in [2.24, 2.45) is 5.73 Å². The second kappa shape index (κ2) is 10.6. The monoisotopic (exact) mass is 488 g/mol. The molecule has 1 amide bonds. The number of hydrogen-bond acceptors (Lipinski definition) is 5. The minimum absolute atomic E-state index is 0.301. The molecule has 2 atom stereocenters. The highest BCUT2D eigenvalue weighted by atomic mass is 19.1. The Morgan fingerprint density at radius 2 is 1.64 bits per heavy atom. The van der Waals surface area contributed by atoms with Gasteiger partial charge in [-0.3, -0.25) is 9.69 Å². The van der Waals surface area contributed by atoms with E-state index >= 15 is 0 Å². The van der Waals surface area contributed by atoms with Crippen molar-refractivity contribution >= 4 is 11.9 Å². The molecule has 1 aliphatic carbocycles. The van der Waals surface area contributed by atoms with Gasteiger partial charge in [-0.05, 0) is 64.9 Å². The number of ether oxygens (including phenoxy) is 2. The highest BCUT2D eigenvalue weighted by Gasteiger charge is 2.36. The third-order valence-corrected chi connectivity index (χ3v) is 6.99. The number of halogens is 1. The minimum Gasteiger partial charge on any atom is -0.458 e. The van der Waals surface area contributed by atoms with E-state index in [0.717, 1.165) is 55.1 Å². The summed E-state index contributed by atoms with van der Waals surface area (Å²) in [5, 5.41) is 0. The maximum atomic E-state index is 13.2. The van der Waals surface area contributed by atoms with Crippen LogP contribution in [0.15, 0.2) is 66.7 Å². The third-order valence-electron chi connectivity index (χ3n) is 6.99. The van der Waals surface area contributed by atoms with Gasteiger partial charge >= 0.3 is 5.97 Å². The number of aryl methyl sites for hydroxylation is 1. The van der Waals surface area contributed by atoms with Gasteiger partial charge in [0.25, 0.3) is 0 Å². The first kappa shape index (κ1) is 24.2. The van der Waals surface area contributed by atoms with Crippen LogP contribution in [0, 0.1) is 5.82 Å². The summed E-state index contributed by atoms with van der Waals surface area (Å²) in [5.74, 6) is -1.98. The molecule has 1 fully saturated rings. The Labute approximate surface area is 209 Å². The molecule has 0 bridgehead atoms. The molecule has 0 spiro atoms. The van der Waals surface area contributed by atoms with E-state index in [-0.39, 0.29) is 5.82 Å². The third kappa shape index (κ3) is 5.32. The number of fused-ring (bicyclic) bond motifs is 1. The fourth-order valence-electron chi connectivity index (χ4n) is 5.07. The molecule has 1 heterocycles. The molecule has 0 saturated carbocycles. The quantitative estimate of drug-likeness (QED) is 0.529. The molecule has 0 aromatic heterocycles. The second-order valence-corrected chi connectivity index (χ2v) is 9.37. The maximum Gasteiger partial charge on any atom is 0.338 e. The SMILES string of the molecule is NC(=O)C1c2ccc(CN3CCOCC3)cc2CCC1OC(=O)c1ccc(-c2ccc(F)cc2)cc1. The number of carbonyl (C=O) groups is 2. The van der Waals surface area contributed by atoms with Crippen LogP contribution < -0.4 is 5.73 Å². The molecule has 6 nitrogen and oxygen atoms in total. The summed E-state index contributed by atoms with van der Waals surface area (Å²) < 4.78 is 24.4. The Morgan fingerprint density at radius 1 is 0.972 bits per heavy atom. The van der Waals surface area contributed by atoms with Crippen molar-refractivity contribution in [3.05, 3.63) is 94.8 Å². The van der Waals surface area contributed by atoms with E-state index in [0.29, 0.717) is 18.4 Å². The predicted molar refractivity (Wildman–Crippen MR) is 134 cm³/mol. The summed E-state index contributed by atoms with van der Waals surface area (Å²) in [6, 6.07) is 19.2. The molecule has 3 aromatic rings. The molecule has 36 heavy (non-hydrogen) atoms. The Morgan fingerprint density at radius 3 is 2.31 bits per heavy atom. The number of nitrogens with two attached hydrogens (primary N) is 1. The van der Waals surface area contributed by atoms with Gasteiger partial charge in [-0.15, -0.1) is 0 Å². The Hall–Kier alpha value is -3.55. The molecule has 3 aromatic carbocycles. The maximum absolute atomic E-state index is 13.2. The summed E-state index contributed by atoms with van der Waals surface area (Å²) in [7, 11) is 0. The van der Waals surface area contributed by atoms with Gasteiger partial charge in [0.05, 0.1) is 24.7 Å². The topological polar surface area (TPSA) is 81.9 Å². The van der Waals surface area contributed by atoms with Crippen LogP contribution in [0.1, 0.15) is 39.4 Å². The zero-order valence-corrected chi connectivity index (χ0v) is 20.0. The van der Waals surface area contributed by atoms with Gasteiger partial charge in [-0.25, -0.2) is 9.18 Å². The first-order chi connectivity index (χ1) is 17.5. The van der Waals surface area contributed by atoms with Gasteiger partial charge in [0.15, 0.2) is 0 Å². The summed E-state index contributed by atoms with van der Waals surface area (Å²) in [5.41, 5.74) is 11.0. The van der Waals surface area contributed by atoms with Crippen LogP contribution in [0.5, 0.6) is 0 Å². The van der Waals surface area contributed by atoms with Crippen molar-refractivity contribution in [3.63, 3.8) is 0 Å². The van der Waals surface area contributed by atoms with Gasteiger partial charge in [0.1, 0.15) is 11.9 Å². The molecule has 2 N–H and O–H groups in total. The Balaban J connectivity index is 1.28. The van der Waals surface area contributed by atoms with Crippen molar-refractivity contribution in [2.75, 3.05) is 26.3 Å². The molecule has 5 rings (SSSR count). The van der Waals surface area contributed by atoms with Gasteiger partial charge < -0.3 is 15.2 Å². The first-order valence-corrected chi connectivity index (χ1v) is 12.3. The molecular weight excluding hydrogens is 459 g/mol. The summed E-state index contributed by atoms with van der Waals surface area (Å²) in [6.07, 6.45) is 0.614. The number of hydrogen-bond donors (Lipinski definition) is 1. The molecule has 2 unspecified atom stereocenters. The van der Waals surface area contributed by atoms with Crippen LogP contribution >= 0.6 is 0 Å². The van der Waals surface area contributed by atoms with E-state index < -0.39 is 23.9 Å². The largest absolute Gasteiger partial charge is 0.458 e. The highest BCUT2D eigenvalue weighted by molar-refractivity contribution is 5.91. The average Bonchev–Trinajstić information content (AvgIpc) is 2.89. The first-order valence-electron chi connectivity index (χ1n) is 12.3. The van der Waals surface area contributed by atoms with Crippen molar-refractivity contribution in [3.8, 4) is 11.1 Å². The number of esters is 1. The number of primary amides is 1. The number of benzene rings is 3. The van der Waals surface area contributed by atoms with E-state index in [1.165, 1.54) is 17.7 Å². The van der Waals surface area contributed by atoms with Crippen LogP contribution in [0.3, 0.4) is 0 Å². The molecule has 0 radical (unpaired) electrons. The fraction of sp³-hybridized carbons (Fsp3) is 0.310. The number of amides is 1. The van der Waals surface area contributed by atoms with Crippen LogP contribution in [0.25, 0.3) is 11.1 Å². The Kier molecular flexibility index (Phi) is 7.11. The normalized spacial score (nSPS) is 19.9. The highest BCUT2D eigenvalue weighted by Crippen LogP contribution is 2.35. The van der Waals surface area contributed by atoms with E-state index in [1.54, 1.807) is 36.4 Å². The predicted octanol–water partition coefficient (Wildman–Crippen LogP) is 4.07. The number of morpholine rings is 1. The lowest BCUT2D eigenvalue weighted by Crippen LogP contribution is -2.38. The van der Waals surface area contributed by atoms with Crippen molar-refractivity contribution in [1.82, 2.24) is 4.90 Å². The van der Waals surface area contributed by atoms with Crippen molar-refractivity contribution in [2.45, 2.75) is 31.4 Å². The minimum atomic E-state index is -0.686. The molecular formula is C29H29FN2O4. The number of nitrogens with zero attached hydrogens (tertiary/aromatic N) is 1. The molecule has 186 valence electrons. The average molecular weight is 489 g/mol. The lowest BCUT2D eigenvalue weighted by Gasteiger charge is -2.32. The zero-order valence-electron chi connectivity index (χ0n) is 20.0. The van der Waals surface area contributed by atoms with Gasteiger partial charge in [-0.2, -0.15) is 0 Å². The van der Waals surface area contributed by atoms with Gasteiger partial charge in [-0.1, -0.05) is 42.5 Å². The summed E-state index contributed by atoms with van der Waals surface area (Å²) in [4.78, 5) is 27.7. The van der Waals surface area contributed by atoms with Crippen molar-refractivity contribution < 1.29 is 23.5 Å². The standard InChI is InChI=1S/C29H29FN2O4/c30-24-9-6-21(7-10-24)20-2-4-22(5-3-20)29(34)36-26-12-8-23-17-19(18-32-13-15-35-16-14-32)1-11-25(23)27(26)28(31)33/h1-7,9-11,17,26-27H,8,12-16,18H2,(H2,31,33). The van der Waals surface area contributed by atoms with Gasteiger partial charge in [0, 0.05) is 19.6 Å². The lowest BCUT2D eigenvalue weighted by atomic mass is 9.79. The van der Waals surface area contributed by atoms with E-state index in [9.17, 15) is 14.0 Å². The number of rotatable bonds is 6. The second-order valence-electron chi connectivity index (χ2n) is 9.37. The molecule has 1 aliphatic heterocycles. The number of carbonyl (C=O) groups excluding carboxylic acids is 2. The fourth-order valence-corrected chi connectivity index (χ4v) is 5.07.